The van der Waals surface area contributed by atoms with E-state index in [-0.39, 0.29) is 0 Å². The molecule has 11 heavy (non-hydrogen) atoms. The Balaban J connectivity index is 3.00. The predicted octanol–water partition coefficient (Wildman–Crippen LogP) is 3.39. The van der Waals surface area contributed by atoms with Crippen molar-refractivity contribution in [2.75, 3.05) is 6.61 Å². The lowest BCUT2D eigenvalue weighted by Crippen LogP contribution is -1.92. The summed E-state index contributed by atoms with van der Waals surface area (Å²) in [7, 11) is 0. The highest BCUT2D eigenvalue weighted by atomic mass is 35.5. The highest BCUT2D eigenvalue weighted by Crippen LogP contribution is 2.31. The Bertz CT molecular complexity index is 228. The molecule has 0 saturated heterocycles. The molecule has 0 atom stereocenters. The van der Waals surface area contributed by atoms with Gasteiger partial charge in [-0.15, -0.1) is 0 Å². The van der Waals surface area contributed by atoms with Crippen LogP contribution < -0.4 is 4.74 Å². The van der Waals surface area contributed by atoms with Crippen LogP contribution in [-0.2, 0) is 0 Å². The molecule has 0 aliphatic rings. The summed E-state index contributed by atoms with van der Waals surface area (Å²) in [6.07, 6.45) is 0. The van der Waals surface area contributed by atoms with Gasteiger partial charge in [-0.05, 0) is 19.1 Å². The maximum absolute atomic E-state index is 5.80. The van der Waals surface area contributed by atoms with Crippen LogP contribution in [0.5, 0.6) is 5.75 Å². The first-order chi connectivity index (χ1) is 5.25. The van der Waals surface area contributed by atoms with Gasteiger partial charge in [-0.1, -0.05) is 29.3 Å². The Hall–Kier alpha value is -0.400. The predicted molar refractivity (Wildman–Crippen MR) is 47.6 cm³/mol. The average molecular weight is 191 g/mol. The normalized spacial score (nSPS) is 9.73. The van der Waals surface area contributed by atoms with Crippen LogP contribution in [0.4, 0.5) is 0 Å². The number of para-hydroxylation sites is 1. The van der Waals surface area contributed by atoms with Crippen molar-refractivity contribution in [3.05, 3.63) is 28.2 Å². The van der Waals surface area contributed by atoms with E-state index in [2.05, 4.69) is 0 Å². The third-order valence-corrected chi connectivity index (χ3v) is 1.80. The molecule has 0 radical (unpaired) electrons. The first kappa shape index (κ1) is 8.69. The monoisotopic (exact) mass is 190 g/mol. The van der Waals surface area contributed by atoms with Crippen LogP contribution in [-0.4, -0.2) is 6.61 Å². The highest BCUT2D eigenvalue weighted by molar-refractivity contribution is 6.37. The van der Waals surface area contributed by atoms with Crippen molar-refractivity contribution < 1.29 is 4.74 Å². The lowest BCUT2D eigenvalue weighted by molar-refractivity contribution is 0.340. The quantitative estimate of drug-likeness (QED) is 0.696. The van der Waals surface area contributed by atoms with Crippen LogP contribution in [0.15, 0.2) is 18.2 Å². The number of rotatable bonds is 2. The zero-order valence-corrected chi connectivity index (χ0v) is 7.62. The van der Waals surface area contributed by atoms with Gasteiger partial charge in [-0.2, -0.15) is 0 Å². The van der Waals surface area contributed by atoms with Crippen molar-refractivity contribution in [2.24, 2.45) is 0 Å². The molecule has 3 heteroatoms. The molecular weight excluding hydrogens is 183 g/mol. The third-order valence-electron chi connectivity index (χ3n) is 1.21. The van der Waals surface area contributed by atoms with E-state index < -0.39 is 0 Å². The number of hydrogen-bond donors (Lipinski definition) is 0. The summed E-state index contributed by atoms with van der Waals surface area (Å²) < 4.78 is 5.20. The summed E-state index contributed by atoms with van der Waals surface area (Å²) >= 11 is 11.6. The molecule has 0 saturated carbocycles. The fourth-order valence-electron chi connectivity index (χ4n) is 0.765. The van der Waals surface area contributed by atoms with E-state index >= 15 is 0 Å². The molecule has 0 aromatic heterocycles. The van der Waals surface area contributed by atoms with Gasteiger partial charge in [0.15, 0.2) is 5.75 Å². The first-order valence-corrected chi connectivity index (χ1v) is 4.08. The molecule has 1 nitrogen and oxygen atoms in total. The summed E-state index contributed by atoms with van der Waals surface area (Å²) in [5, 5.41) is 1.11. The lowest BCUT2D eigenvalue weighted by atomic mass is 10.3. The van der Waals surface area contributed by atoms with Gasteiger partial charge in [0.2, 0.25) is 0 Å². The summed E-state index contributed by atoms with van der Waals surface area (Å²) in [6, 6.07) is 5.28. The number of hydrogen-bond acceptors (Lipinski definition) is 1. The van der Waals surface area contributed by atoms with Crippen LogP contribution >= 0.6 is 23.2 Å². The summed E-state index contributed by atoms with van der Waals surface area (Å²) in [6.45, 7) is 2.46. The molecule has 0 aliphatic carbocycles. The van der Waals surface area contributed by atoms with Gasteiger partial charge >= 0.3 is 0 Å². The van der Waals surface area contributed by atoms with Crippen molar-refractivity contribution in [1.29, 1.82) is 0 Å². The van der Waals surface area contributed by atoms with Crippen molar-refractivity contribution in [3.8, 4) is 5.75 Å². The maximum Gasteiger partial charge on any atom is 0.156 e. The molecule has 0 bridgehead atoms. The van der Waals surface area contributed by atoms with Crippen molar-refractivity contribution in [2.45, 2.75) is 6.92 Å². The zero-order chi connectivity index (χ0) is 8.27. The van der Waals surface area contributed by atoms with Gasteiger partial charge in [-0.25, -0.2) is 0 Å². The SMILES string of the molecule is CCOc1c(Cl)cccc1Cl. The summed E-state index contributed by atoms with van der Waals surface area (Å²) in [5.74, 6) is 0.568. The highest BCUT2D eigenvalue weighted by Gasteiger charge is 2.03. The Labute approximate surface area is 75.9 Å². The van der Waals surface area contributed by atoms with Gasteiger partial charge in [0.05, 0.1) is 16.7 Å². The molecule has 1 rings (SSSR count). The number of halogens is 2. The van der Waals surface area contributed by atoms with Crippen molar-refractivity contribution in [3.63, 3.8) is 0 Å². The minimum absolute atomic E-state index is 0.555. The molecule has 0 fully saturated rings. The second-order valence-corrected chi connectivity index (χ2v) is 2.80. The number of benzene rings is 1. The largest absolute Gasteiger partial charge is 0.491 e. The fourth-order valence-corrected chi connectivity index (χ4v) is 1.27. The average Bonchev–Trinajstić information content (AvgIpc) is 1.97. The molecule has 60 valence electrons. The van der Waals surface area contributed by atoms with Crippen LogP contribution in [0.2, 0.25) is 10.0 Å². The second-order valence-electron chi connectivity index (χ2n) is 1.98. The van der Waals surface area contributed by atoms with Crippen LogP contribution in [0.3, 0.4) is 0 Å². The molecule has 0 spiro atoms. The fraction of sp³-hybridized carbons (Fsp3) is 0.250. The Morgan fingerprint density at radius 2 is 1.82 bits per heavy atom. The van der Waals surface area contributed by atoms with Crippen LogP contribution in [0.1, 0.15) is 6.92 Å². The molecular formula is C8H8Cl2O. The molecule has 1 aromatic rings. The van der Waals surface area contributed by atoms with Crippen LogP contribution in [0, 0.1) is 0 Å². The molecule has 1 aromatic carbocycles. The van der Waals surface area contributed by atoms with Crippen molar-refractivity contribution >= 4 is 23.2 Å². The lowest BCUT2D eigenvalue weighted by Gasteiger charge is -2.06. The smallest absolute Gasteiger partial charge is 0.156 e. The topological polar surface area (TPSA) is 9.23 Å². The van der Waals surface area contributed by atoms with Crippen LogP contribution in [0.25, 0.3) is 0 Å². The van der Waals surface area contributed by atoms with E-state index in [4.69, 9.17) is 27.9 Å². The minimum Gasteiger partial charge on any atom is -0.491 e. The standard InChI is InChI=1S/C8H8Cl2O/c1-2-11-8-6(9)4-3-5-7(8)10/h3-5H,2H2,1H3. The van der Waals surface area contributed by atoms with Gasteiger partial charge in [0.25, 0.3) is 0 Å². The van der Waals surface area contributed by atoms with E-state index in [0.717, 1.165) is 0 Å². The van der Waals surface area contributed by atoms with E-state index in [9.17, 15) is 0 Å². The molecule has 0 unspecified atom stereocenters. The van der Waals surface area contributed by atoms with Gasteiger partial charge in [0, 0.05) is 0 Å². The Kier molecular flexibility index (Phi) is 3.03. The first-order valence-electron chi connectivity index (χ1n) is 3.32. The summed E-state index contributed by atoms with van der Waals surface area (Å²) in [5.41, 5.74) is 0. The molecule has 0 N–H and O–H groups in total. The molecule has 0 heterocycles. The van der Waals surface area contributed by atoms with E-state index in [1.807, 2.05) is 6.92 Å². The maximum atomic E-state index is 5.80. The Morgan fingerprint density at radius 3 is 2.27 bits per heavy atom. The summed E-state index contributed by atoms with van der Waals surface area (Å²) in [4.78, 5) is 0. The van der Waals surface area contributed by atoms with Crippen molar-refractivity contribution in [1.82, 2.24) is 0 Å². The molecule has 0 aliphatic heterocycles. The second kappa shape index (κ2) is 3.84. The van der Waals surface area contributed by atoms with Gasteiger partial charge < -0.3 is 4.74 Å². The van der Waals surface area contributed by atoms with E-state index in [0.29, 0.717) is 22.4 Å². The zero-order valence-electron chi connectivity index (χ0n) is 6.10. The molecule has 0 amide bonds. The third kappa shape index (κ3) is 2.01. The van der Waals surface area contributed by atoms with Gasteiger partial charge in [0.1, 0.15) is 0 Å². The Morgan fingerprint density at radius 1 is 1.27 bits per heavy atom. The van der Waals surface area contributed by atoms with E-state index in [1.54, 1.807) is 18.2 Å². The van der Waals surface area contributed by atoms with E-state index in [1.165, 1.54) is 0 Å². The number of ether oxygens (including phenoxy) is 1. The minimum atomic E-state index is 0.555. The van der Waals surface area contributed by atoms with Gasteiger partial charge in [-0.3, -0.25) is 0 Å².